The van der Waals surface area contributed by atoms with Crippen LogP contribution in [0.5, 0.6) is 5.75 Å². The fourth-order valence-corrected chi connectivity index (χ4v) is 4.88. The Kier molecular flexibility index (Phi) is 6.20. The van der Waals surface area contributed by atoms with Crippen molar-refractivity contribution in [2.24, 2.45) is 0 Å². The number of benzene rings is 2. The van der Waals surface area contributed by atoms with Crippen LogP contribution in [0.4, 0.5) is 9.52 Å². The first-order valence-corrected chi connectivity index (χ1v) is 12.3. The van der Waals surface area contributed by atoms with E-state index in [9.17, 15) is 19.2 Å². The third kappa shape index (κ3) is 4.55. The van der Waals surface area contributed by atoms with Crippen molar-refractivity contribution in [3.63, 3.8) is 0 Å². The zero-order valence-corrected chi connectivity index (χ0v) is 20.3. The van der Waals surface area contributed by atoms with Crippen LogP contribution in [0.15, 0.2) is 47.8 Å². The van der Waals surface area contributed by atoms with Crippen molar-refractivity contribution in [2.45, 2.75) is 24.4 Å². The highest BCUT2D eigenvalue weighted by Crippen LogP contribution is 2.39. The number of carbonyl (C=O) groups excluding carboxylic acids is 2. The molecular weight excluding hydrogens is 483 g/mol. The number of carbonyl (C=O) groups is 2. The fraction of sp³-hybridized carbons (Fsp3) is 0.308. The Hall–Kier alpha value is -3.81. The van der Waals surface area contributed by atoms with Crippen LogP contribution < -0.4 is 15.4 Å². The van der Waals surface area contributed by atoms with E-state index in [0.717, 1.165) is 5.56 Å². The zero-order chi connectivity index (χ0) is 25.3. The summed E-state index contributed by atoms with van der Waals surface area (Å²) in [5, 5.41) is 17.0. The smallest absolute Gasteiger partial charge is 0.251 e. The molecule has 0 bridgehead atoms. The number of ether oxygens (including phenoxy) is 2. The summed E-state index contributed by atoms with van der Waals surface area (Å²) in [5.41, 5.74) is 0.684. The summed E-state index contributed by atoms with van der Waals surface area (Å²) in [7, 11) is 0. The molecule has 1 saturated heterocycles. The molecule has 1 fully saturated rings. The van der Waals surface area contributed by atoms with Gasteiger partial charge in [0, 0.05) is 28.5 Å². The molecule has 184 valence electrons. The van der Waals surface area contributed by atoms with Crippen molar-refractivity contribution in [1.82, 2.24) is 10.3 Å². The number of hydrogen-bond donors (Lipinski definition) is 2. The van der Waals surface area contributed by atoms with Crippen LogP contribution in [0.2, 0.25) is 0 Å². The van der Waals surface area contributed by atoms with Gasteiger partial charge in [-0.05, 0) is 36.8 Å². The number of thiazole rings is 1. The van der Waals surface area contributed by atoms with E-state index in [1.165, 1.54) is 11.3 Å². The SMILES string of the molecule is C[C@]1(C#N)CCOc2ccc(C(=O)NCC(=O)Nc3nc(-c4cccc(C5(F)COC5)c4)cs3)cc21. The van der Waals surface area contributed by atoms with E-state index in [4.69, 9.17) is 9.47 Å². The highest BCUT2D eigenvalue weighted by molar-refractivity contribution is 7.14. The van der Waals surface area contributed by atoms with Gasteiger partial charge in [0.15, 0.2) is 10.8 Å². The number of halogens is 1. The lowest BCUT2D eigenvalue weighted by Gasteiger charge is -2.34. The van der Waals surface area contributed by atoms with Crippen molar-refractivity contribution in [1.29, 1.82) is 5.26 Å². The maximum Gasteiger partial charge on any atom is 0.251 e. The minimum Gasteiger partial charge on any atom is -0.493 e. The lowest BCUT2D eigenvalue weighted by molar-refractivity contribution is -0.135. The third-order valence-corrected chi connectivity index (χ3v) is 7.20. The average Bonchev–Trinajstić information content (AvgIpc) is 3.34. The molecule has 36 heavy (non-hydrogen) atoms. The van der Waals surface area contributed by atoms with Gasteiger partial charge < -0.3 is 20.1 Å². The summed E-state index contributed by atoms with van der Waals surface area (Å²) < 4.78 is 25.3. The van der Waals surface area contributed by atoms with Crippen LogP contribution >= 0.6 is 11.3 Å². The van der Waals surface area contributed by atoms with Crippen LogP contribution in [-0.2, 0) is 20.6 Å². The maximum absolute atomic E-state index is 14.7. The molecule has 0 aliphatic carbocycles. The molecule has 3 aromatic rings. The number of amides is 2. The number of fused-ring (bicyclic) bond motifs is 1. The molecule has 0 saturated carbocycles. The normalized spacial score (nSPS) is 19.7. The zero-order valence-electron chi connectivity index (χ0n) is 19.5. The standard InChI is InChI=1S/C26H23FN4O4S/c1-25(13-28)7-8-35-21-6-5-17(10-19(21)25)23(33)29-11-22(32)31-24-30-20(12-36-24)16-3-2-4-18(9-16)26(27)14-34-15-26/h2-6,9-10,12H,7-8,11,14-15H2,1H3,(H,29,33)(H,30,31,32)/t25-/m1/s1. The quantitative estimate of drug-likeness (QED) is 0.524. The summed E-state index contributed by atoms with van der Waals surface area (Å²) in [6.07, 6.45) is 0.535. The fourth-order valence-electron chi connectivity index (χ4n) is 4.14. The largest absolute Gasteiger partial charge is 0.493 e. The molecule has 0 radical (unpaired) electrons. The molecule has 2 amide bonds. The Balaban J connectivity index is 1.20. The van der Waals surface area contributed by atoms with Gasteiger partial charge in [0.05, 0.1) is 43.5 Å². The number of nitrogens with zero attached hydrogens (tertiary/aromatic N) is 2. The molecule has 2 aliphatic heterocycles. The van der Waals surface area contributed by atoms with E-state index >= 15 is 0 Å². The Morgan fingerprint density at radius 1 is 1.25 bits per heavy atom. The molecule has 0 spiro atoms. The first-order chi connectivity index (χ1) is 17.3. The highest BCUT2D eigenvalue weighted by Gasteiger charge is 2.40. The number of rotatable bonds is 6. The van der Waals surface area contributed by atoms with Crippen molar-refractivity contribution >= 4 is 28.3 Å². The second-order valence-electron chi connectivity index (χ2n) is 9.06. The van der Waals surface area contributed by atoms with Crippen LogP contribution in [0.25, 0.3) is 11.3 Å². The molecule has 1 aromatic heterocycles. The molecule has 1 atom stereocenters. The number of nitriles is 1. The van der Waals surface area contributed by atoms with Crippen LogP contribution in [0.1, 0.15) is 34.8 Å². The molecule has 0 unspecified atom stereocenters. The molecule has 10 heteroatoms. The number of anilines is 1. The van der Waals surface area contributed by atoms with E-state index in [1.54, 1.807) is 41.8 Å². The number of nitrogens with one attached hydrogen (secondary N) is 2. The molecule has 3 heterocycles. The first-order valence-electron chi connectivity index (χ1n) is 11.4. The second-order valence-corrected chi connectivity index (χ2v) is 9.92. The van der Waals surface area contributed by atoms with Gasteiger partial charge in [-0.3, -0.25) is 9.59 Å². The lowest BCUT2D eigenvalue weighted by Crippen LogP contribution is -2.42. The second kappa shape index (κ2) is 9.33. The van der Waals surface area contributed by atoms with Gasteiger partial charge in [0.25, 0.3) is 5.91 Å². The van der Waals surface area contributed by atoms with Gasteiger partial charge in [-0.2, -0.15) is 5.26 Å². The van der Waals surface area contributed by atoms with Gasteiger partial charge >= 0.3 is 0 Å². The van der Waals surface area contributed by atoms with Crippen molar-refractivity contribution in [2.75, 3.05) is 31.7 Å². The van der Waals surface area contributed by atoms with Crippen LogP contribution in [0, 0.1) is 11.3 Å². The van der Waals surface area contributed by atoms with E-state index in [0.29, 0.717) is 46.3 Å². The van der Waals surface area contributed by atoms with E-state index in [2.05, 4.69) is 21.7 Å². The Morgan fingerprint density at radius 2 is 2.08 bits per heavy atom. The minimum atomic E-state index is -1.47. The lowest BCUT2D eigenvalue weighted by atomic mass is 9.78. The van der Waals surface area contributed by atoms with Crippen molar-refractivity contribution < 1.29 is 23.5 Å². The predicted molar refractivity (Wildman–Crippen MR) is 132 cm³/mol. The Bertz CT molecular complexity index is 1380. The Morgan fingerprint density at radius 3 is 2.83 bits per heavy atom. The molecule has 8 nitrogen and oxygen atoms in total. The predicted octanol–water partition coefficient (Wildman–Crippen LogP) is 3.94. The van der Waals surface area contributed by atoms with E-state index < -0.39 is 22.9 Å². The van der Waals surface area contributed by atoms with Gasteiger partial charge in [-0.15, -0.1) is 11.3 Å². The summed E-state index contributed by atoms with van der Waals surface area (Å²) in [6, 6.07) is 14.3. The topological polar surface area (TPSA) is 113 Å². The molecule has 2 aromatic carbocycles. The van der Waals surface area contributed by atoms with Gasteiger partial charge in [0.2, 0.25) is 5.91 Å². The van der Waals surface area contributed by atoms with Crippen LogP contribution in [-0.4, -0.2) is 43.2 Å². The molecular formula is C26H23FN4O4S. The minimum absolute atomic E-state index is 0.0391. The van der Waals surface area contributed by atoms with Gasteiger partial charge in [-0.25, -0.2) is 9.37 Å². The van der Waals surface area contributed by atoms with Gasteiger partial charge in [0.1, 0.15) is 5.75 Å². The average molecular weight is 507 g/mol. The summed E-state index contributed by atoms with van der Waals surface area (Å²) in [5.74, 6) is -0.279. The first kappa shape index (κ1) is 23.9. The molecule has 5 rings (SSSR count). The van der Waals surface area contributed by atoms with Crippen molar-refractivity contribution in [3.05, 3.63) is 64.5 Å². The van der Waals surface area contributed by atoms with Gasteiger partial charge in [-0.1, -0.05) is 18.2 Å². The number of aromatic nitrogens is 1. The summed E-state index contributed by atoms with van der Waals surface area (Å²) >= 11 is 1.24. The van der Waals surface area contributed by atoms with Crippen molar-refractivity contribution in [3.8, 4) is 23.1 Å². The Labute approximate surface area is 211 Å². The number of alkyl halides is 1. The monoisotopic (exact) mass is 506 g/mol. The summed E-state index contributed by atoms with van der Waals surface area (Å²) in [4.78, 5) is 29.5. The molecule has 2 N–H and O–H groups in total. The summed E-state index contributed by atoms with van der Waals surface area (Å²) in [6.45, 7) is 2.09. The highest BCUT2D eigenvalue weighted by atomic mass is 32.1. The number of hydrogen-bond acceptors (Lipinski definition) is 7. The van der Waals surface area contributed by atoms with E-state index in [-0.39, 0.29) is 19.8 Å². The van der Waals surface area contributed by atoms with E-state index in [1.807, 2.05) is 13.0 Å². The molecule has 2 aliphatic rings. The maximum atomic E-state index is 14.7. The van der Waals surface area contributed by atoms with Crippen LogP contribution in [0.3, 0.4) is 0 Å². The third-order valence-electron chi connectivity index (χ3n) is 6.44.